The molecule has 0 bridgehead atoms. The van der Waals surface area contributed by atoms with Gasteiger partial charge in [-0.25, -0.2) is 8.78 Å². The lowest BCUT2D eigenvalue weighted by Crippen LogP contribution is -1.86. The first-order valence-corrected chi connectivity index (χ1v) is 1.96. The van der Waals surface area contributed by atoms with Crippen molar-refractivity contribution >= 4 is 0 Å². The fourth-order valence-corrected chi connectivity index (χ4v) is 0. The van der Waals surface area contributed by atoms with Crippen LogP contribution >= 0.6 is 0 Å². The number of rotatable bonds is 1. The topological polar surface area (TPSA) is 0 Å². The van der Waals surface area contributed by atoms with E-state index in [1.165, 1.54) is 6.92 Å². The molecule has 0 aromatic rings. The summed E-state index contributed by atoms with van der Waals surface area (Å²) in [5.74, 6) is 0. The highest BCUT2D eigenvalue weighted by atomic mass is 19.3. The molecule has 0 spiro atoms. The van der Waals surface area contributed by atoms with Gasteiger partial charge >= 0.3 is 0 Å². The summed E-state index contributed by atoms with van der Waals surface area (Å²) in [6, 6.07) is 0. The third kappa shape index (κ3) is 9.11. The zero-order valence-electron chi connectivity index (χ0n) is 4.92. The number of alkyl halides is 3. The highest BCUT2D eigenvalue weighted by Gasteiger charge is 1.98. The Kier molecular flexibility index (Phi) is 8.57. The molecule has 0 N–H and O–H groups in total. The minimum absolute atomic E-state index is 0.0741. The van der Waals surface area contributed by atoms with Crippen LogP contribution in [0.3, 0.4) is 0 Å². The van der Waals surface area contributed by atoms with Crippen molar-refractivity contribution in [1.82, 2.24) is 0 Å². The van der Waals surface area contributed by atoms with Crippen molar-refractivity contribution in [2.45, 2.75) is 13.3 Å². The Morgan fingerprint density at radius 3 is 1.50 bits per heavy atom. The van der Waals surface area contributed by atoms with Crippen molar-refractivity contribution in [3.05, 3.63) is 12.2 Å². The van der Waals surface area contributed by atoms with Crippen LogP contribution in [0.25, 0.3) is 0 Å². The Morgan fingerprint density at radius 1 is 1.38 bits per heavy atom. The van der Waals surface area contributed by atoms with Crippen LogP contribution in [0.1, 0.15) is 6.92 Å². The van der Waals surface area contributed by atoms with E-state index in [-0.39, 0.29) is 5.57 Å². The summed E-state index contributed by atoms with van der Waals surface area (Å²) in [6.07, 6.45) is -2.34. The summed E-state index contributed by atoms with van der Waals surface area (Å²) in [5, 5.41) is 0. The molecule has 0 aliphatic heterocycles. The zero-order valence-corrected chi connectivity index (χ0v) is 4.92. The molecule has 0 fully saturated rings. The van der Waals surface area contributed by atoms with Gasteiger partial charge in [-0.1, -0.05) is 6.58 Å². The van der Waals surface area contributed by atoms with Crippen LogP contribution in [0, 0.1) is 0 Å². The molecule has 0 aromatic heterocycles. The van der Waals surface area contributed by atoms with Gasteiger partial charge in [0.05, 0.1) is 7.18 Å². The van der Waals surface area contributed by atoms with E-state index in [1.807, 2.05) is 0 Å². The summed E-state index contributed by atoms with van der Waals surface area (Å²) in [6.45, 7) is 4.30. The van der Waals surface area contributed by atoms with E-state index in [9.17, 15) is 13.2 Å². The normalized spacial score (nSPS) is 7.75. The molecular weight excluding hydrogens is 117 g/mol. The smallest absolute Gasteiger partial charge is 0.255 e. The van der Waals surface area contributed by atoms with Crippen LogP contribution in [0.2, 0.25) is 0 Å². The Bertz CT molecular complexity index is 58.7. The second kappa shape index (κ2) is 6.53. The van der Waals surface area contributed by atoms with E-state index in [0.29, 0.717) is 7.18 Å². The summed E-state index contributed by atoms with van der Waals surface area (Å²) in [7, 11) is 0.500. The van der Waals surface area contributed by atoms with Crippen molar-refractivity contribution in [1.29, 1.82) is 0 Å². The van der Waals surface area contributed by atoms with E-state index in [4.69, 9.17) is 0 Å². The van der Waals surface area contributed by atoms with E-state index in [1.54, 1.807) is 0 Å². The van der Waals surface area contributed by atoms with Gasteiger partial charge in [0.15, 0.2) is 0 Å². The van der Waals surface area contributed by atoms with E-state index >= 15 is 0 Å². The first kappa shape index (κ1) is 10.5. The minimum atomic E-state index is -2.34. The molecule has 0 unspecified atom stereocenters. The van der Waals surface area contributed by atoms with Gasteiger partial charge in [-0.05, 0) is 12.5 Å². The Morgan fingerprint density at radius 2 is 1.50 bits per heavy atom. The second-order valence-electron chi connectivity index (χ2n) is 1.15. The molecule has 0 atom stereocenters. The lowest BCUT2D eigenvalue weighted by Gasteiger charge is -1.88. The fourth-order valence-electron chi connectivity index (χ4n) is 0. The lowest BCUT2D eigenvalue weighted by atomic mass is 10.4. The summed E-state index contributed by atoms with van der Waals surface area (Å²) < 4.78 is 31.6. The van der Waals surface area contributed by atoms with Crippen molar-refractivity contribution < 1.29 is 13.2 Å². The Hall–Kier alpha value is -0.470. The van der Waals surface area contributed by atoms with Crippen LogP contribution < -0.4 is 0 Å². The molecule has 0 saturated carbocycles. The molecule has 0 radical (unpaired) electrons. The van der Waals surface area contributed by atoms with Gasteiger partial charge in [-0.3, -0.25) is 4.39 Å². The number of hydrogen-bond donors (Lipinski definition) is 0. The van der Waals surface area contributed by atoms with Crippen LogP contribution in [0.4, 0.5) is 13.2 Å². The molecule has 0 rings (SSSR count). The first-order chi connectivity index (χ1) is 3.64. The van der Waals surface area contributed by atoms with Gasteiger partial charge in [0, 0.05) is 0 Å². The molecule has 0 saturated heterocycles. The number of halogens is 3. The van der Waals surface area contributed by atoms with Crippen molar-refractivity contribution in [2.24, 2.45) is 0 Å². The quantitative estimate of drug-likeness (QED) is 0.473. The molecule has 0 aromatic carbocycles. The van der Waals surface area contributed by atoms with Crippen molar-refractivity contribution in [2.75, 3.05) is 7.18 Å². The highest BCUT2D eigenvalue weighted by Crippen LogP contribution is 2.01. The molecule has 0 aliphatic carbocycles. The zero-order chi connectivity index (χ0) is 7.15. The Balaban J connectivity index is 0. The molecule has 0 amide bonds. The molecule has 8 heavy (non-hydrogen) atoms. The van der Waals surface area contributed by atoms with Gasteiger partial charge in [0.2, 0.25) is 0 Å². The third-order valence-corrected chi connectivity index (χ3v) is 0.373. The molecule has 50 valence electrons. The third-order valence-electron chi connectivity index (χ3n) is 0.373. The van der Waals surface area contributed by atoms with Gasteiger partial charge in [0.1, 0.15) is 0 Å². The summed E-state index contributed by atoms with van der Waals surface area (Å²) in [4.78, 5) is 0. The molecular formula is C5H9F3. The van der Waals surface area contributed by atoms with Crippen molar-refractivity contribution in [3.63, 3.8) is 0 Å². The number of hydrogen-bond acceptors (Lipinski definition) is 0. The first-order valence-electron chi connectivity index (χ1n) is 1.96. The van der Waals surface area contributed by atoms with E-state index in [2.05, 4.69) is 6.58 Å². The van der Waals surface area contributed by atoms with E-state index in [0.717, 1.165) is 0 Å². The lowest BCUT2D eigenvalue weighted by molar-refractivity contribution is 0.190. The van der Waals surface area contributed by atoms with Crippen LogP contribution in [-0.4, -0.2) is 13.6 Å². The fraction of sp³-hybridized carbons (Fsp3) is 0.600. The summed E-state index contributed by atoms with van der Waals surface area (Å²) >= 11 is 0. The van der Waals surface area contributed by atoms with Crippen LogP contribution in [-0.2, 0) is 0 Å². The standard InChI is InChI=1S/C4H6F2.CH3F/c1-3(2)4(5)6;1-2/h4H,1H2,2H3;1H3. The SMILES string of the molecule is C=C(C)C(F)F.CF. The predicted octanol–water partition coefficient (Wildman–Crippen LogP) is 2.41. The second-order valence-corrected chi connectivity index (χ2v) is 1.15. The van der Waals surface area contributed by atoms with Crippen LogP contribution in [0.5, 0.6) is 0 Å². The maximum atomic E-state index is 11.1. The predicted molar refractivity (Wildman–Crippen MR) is 27.8 cm³/mol. The largest absolute Gasteiger partial charge is 0.259 e. The molecule has 3 heteroatoms. The number of allylic oxidation sites excluding steroid dienone is 1. The van der Waals surface area contributed by atoms with Gasteiger partial charge in [0.25, 0.3) is 6.43 Å². The summed E-state index contributed by atoms with van der Waals surface area (Å²) in [5.41, 5.74) is -0.0741. The Labute approximate surface area is 47.0 Å². The molecule has 0 aliphatic rings. The minimum Gasteiger partial charge on any atom is -0.255 e. The molecule has 0 nitrogen and oxygen atoms in total. The molecule has 0 heterocycles. The monoisotopic (exact) mass is 126 g/mol. The maximum Gasteiger partial charge on any atom is 0.259 e. The van der Waals surface area contributed by atoms with Crippen LogP contribution in [0.15, 0.2) is 12.2 Å². The van der Waals surface area contributed by atoms with E-state index < -0.39 is 6.43 Å². The van der Waals surface area contributed by atoms with Gasteiger partial charge in [-0.15, -0.1) is 0 Å². The maximum absolute atomic E-state index is 11.1. The average molecular weight is 126 g/mol. The van der Waals surface area contributed by atoms with Gasteiger partial charge in [-0.2, -0.15) is 0 Å². The van der Waals surface area contributed by atoms with Crippen molar-refractivity contribution in [3.8, 4) is 0 Å². The average Bonchev–Trinajstić information content (AvgIpc) is 1.72. The highest BCUT2D eigenvalue weighted by molar-refractivity contribution is 4.90. The van der Waals surface area contributed by atoms with Gasteiger partial charge < -0.3 is 0 Å².